The Balaban J connectivity index is 2.51. The Labute approximate surface area is 102 Å². The fourth-order valence-electron chi connectivity index (χ4n) is 1.43. The van der Waals surface area contributed by atoms with Crippen molar-refractivity contribution in [1.29, 1.82) is 0 Å². The van der Waals surface area contributed by atoms with Gasteiger partial charge in [0.15, 0.2) is 0 Å². The highest BCUT2D eigenvalue weighted by Crippen LogP contribution is 2.17. The predicted octanol–water partition coefficient (Wildman–Crippen LogP) is 0.576. The molecular weight excluding hydrogens is 218 g/mol. The van der Waals surface area contributed by atoms with Gasteiger partial charge in [0.1, 0.15) is 6.61 Å². The first-order valence-electron chi connectivity index (χ1n) is 5.60. The molecule has 0 radical (unpaired) electrons. The first-order valence-corrected chi connectivity index (χ1v) is 5.60. The summed E-state index contributed by atoms with van der Waals surface area (Å²) in [4.78, 5) is 17.4. The van der Waals surface area contributed by atoms with E-state index in [-0.39, 0.29) is 18.6 Å². The molecule has 1 unspecified atom stereocenters. The number of hydrogen-bond acceptors (Lipinski definition) is 4. The number of nitrogens with two attached hydrogens (primary N) is 1. The SMILES string of the molecule is CC(c1ccncc1)N(C)C(=O)COCCN. The van der Waals surface area contributed by atoms with Gasteiger partial charge in [0.25, 0.3) is 0 Å². The summed E-state index contributed by atoms with van der Waals surface area (Å²) in [7, 11) is 1.76. The Hall–Kier alpha value is -1.46. The lowest BCUT2D eigenvalue weighted by Crippen LogP contribution is -2.33. The molecule has 1 amide bonds. The van der Waals surface area contributed by atoms with Crippen LogP contribution < -0.4 is 5.73 Å². The molecule has 0 saturated heterocycles. The van der Waals surface area contributed by atoms with E-state index in [0.717, 1.165) is 5.56 Å². The predicted molar refractivity (Wildman–Crippen MR) is 65.3 cm³/mol. The number of aromatic nitrogens is 1. The van der Waals surface area contributed by atoms with Crippen molar-refractivity contribution in [2.24, 2.45) is 5.73 Å². The molecule has 5 heteroatoms. The molecule has 1 atom stereocenters. The maximum absolute atomic E-state index is 11.8. The van der Waals surface area contributed by atoms with E-state index in [0.29, 0.717) is 13.2 Å². The molecule has 0 fully saturated rings. The standard InChI is InChI=1S/C12H19N3O2/c1-10(11-3-6-14-7-4-11)15(2)12(16)9-17-8-5-13/h3-4,6-7,10H,5,8-9,13H2,1-2H3. The van der Waals surface area contributed by atoms with Crippen molar-refractivity contribution in [3.05, 3.63) is 30.1 Å². The lowest BCUT2D eigenvalue weighted by atomic mass is 10.1. The first-order chi connectivity index (χ1) is 8.16. The van der Waals surface area contributed by atoms with Crippen LogP contribution in [0.4, 0.5) is 0 Å². The van der Waals surface area contributed by atoms with E-state index in [9.17, 15) is 4.79 Å². The number of pyridine rings is 1. The maximum atomic E-state index is 11.8. The molecule has 0 aliphatic rings. The van der Waals surface area contributed by atoms with Gasteiger partial charge in [-0.2, -0.15) is 0 Å². The average molecular weight is 237 g/mol. The second-order valence-electron chi connectivity index (χ2n) is 3.80. The highest BCUT2D eigenvalue weighted by molar-refractivity contribution is 5.77. The van der Waals surface area contributed by atoms with Crippen LogP contribution in [0.25, 0.3) is 0 Å². The molecule has 5 nitrogen and oxygen atoms in total. The third kappa shape index (κ3) is 4.13. The lowest BCUT2D eigenvalue weighted by Gasteiger charge is -2.25. The van der Waals surface area contributed by atoms with Gasteiger partial charge in [0.2, 0.25) is 5.91 Å². The van der Waals surface area contributed by atoms with E-state index >= 15 is 0 Å². The summed E-state index contributed by atoms with van der Waals surface area (Å²) in [5, 5.41) is 0. The molecule has 94 valence electrons. The largest absolute Gasteiger partial charge is 0.370 e. The van der Waals surface area contributed by atoms with Crippen molar-refractivity contribution in [1.82, 2.24) is 9.88 Å². The lowest BCUT2D eigenvalue weighted by molar-refractivity contribution is -0.136. The molecule has 1 aromatic rings. The van der Waals surface area contributed by atoms with Gasteiger partial charge in [0, 0.05) is 26.0 Å². The number of rotatable bonds is 6. The van der Waals surface area contributed by atoms with E-state index in [1.807, 2.05) is 19.1 Å². The van der Waals surface area contributed by atoms with Crippen LogP contribution in [0.5, 0.6) is 0 Å². The van der Waals surface area contributed by atoms with E-state index < -0.39 is 0 Å². The Kier molecular flexibility index (Phi) is 5.59. The van der Waals surface area contributed by atoms with Crippen molar-refractivity contribution in [3.63, 3.8) is 0 Å². The van der Waals surface area contributed by atoms with Gasteiger partial charge in [-0.3, -0.25) is 9.78 Å². The average Bonchev–Trinajstić information content (AvgIpc) is 2.38. The monoisotopic (exact) mass is 237 g/mol. The first kappa shape index (κ1) is 13.6. The molecule has 1 aromatic heterocycles. The van der Waals surface area contributed by atoms with Gasteiger partial charge in [0.05, 0.1) is 12.6 Å². The van der Waals surface area contributed by atoms with Gasteiger partial charge < -0.3 is 15.4 Å². The van der Waals surface area contributed by atoms with Crippen molar-refractivity contribution < 1.29 is 9.53 Å². The number of carbonyl (C=O) groups excluding carboxylic acids is 1. The summed E-state index contributed by atoms with van der Waals surface area (Å²) in [5.74, 6) is -0.0530. The summed E-state index contributed by atoms with van der Waals surface area (Å²) in [6, 6.07) is 3.80. The van der Waals surface area contributed by atoms with Crippen LogP contribution in [0.2, 0.25) is 0 Å². The van der Waals surface area contributed by atoms with Gasteiger partial charge in [-0.1, -0.05) is 0 Å². The Morgan fingerprint density at radius 3 is 2.76 bits per heavy atom. The Morgan fingerprint density at radius 2 is 2.18 bits per heavy atom. The van der Waals surface area contributed by atoms with E-state index in [4.69, 9.17) is 10.5 Å². The molecule has 17 heavy (non-hydrogen) atoms. The molecule has 0 bridgehead atoms. The van der Waals surface area contributed by atoms with Crippen LogP contribution in [0.15, 0.2) is 24.5 Å². The van der Waals surface area contributed by atoms with Crippen LogP contribution in [-0.4, -0.2) is 42.6 Å². The number of amides is 1. The summed E-state index contributed by atoms with van der Waals surface area (Å²) in [6.07, 6.45) is 3.43. The van der Waals surface area contributed by atoms with Gasteiger partial charge >= 0.3 is 0 Å². The van der Waals surface area contributed by atoms with Crippen molar-refractivity contribution in [2.45, 2.75) is 13.0 Å². The minimum atomic E-state index is -0.0530. The molecule has 0 spiro atoms. The van der Waals surface area contributed by atoms with Crippen LogP contribution in [-0.2, 0) is 9.53 Å². The molecule has 0 aliphatic heterocycles. The van der Waals surface area contributed by atoms with Gasteiger partial charge in [-0.25, -0.2) is 0 Å². The summed E-state index contributed by atoms with van der Waals surface area (Å²) >= 11 is 0. The Morgan fingerprint density at radius 1 is 1.53 bits per heavy atom. The number of likely N-dealkylation sites (N-methyl/N-ethyl adjacent to an activating group) is 1. The minimum Gasteiger partial charge on any atom is -0.370 e. The molecule has 2 N–H and O–H groups in total. The summed E-state index contributed by atoms with van der Waals surface area (Å²) in [5.41, 5.74) is 6.34. The minimum absolute atomic E-state index is 0.00646. The van der Waals surface area contributed by atoms with E-state index in [1.54, 1.807) is 24.3 Å². The molecule has 0 saturated carbocycles. The van der Waals surface area contributed by atoms with Crippen molar-refractivity contribution >= 4 is 5.91 Å². The highest BCUT2D eigenvalue weighted by atomic mass is 16.5. The smallest absolute Gasteiger partial charge is 0.248 e. The van der Waals surface area contributed by atoms with E-state index in [2.05, 4.69) is 4.98 Å². The van der Waals surface area contributed by atoms with Crippen LogP contribution in [0, 0.1) is 0 Å². The number of hydrogen-bond donors (Lipinski definition) is 1. The molecule has 0 aliphatic carbocycles. The third-order valence-electron chi connectivity index (χ3n) is 2.65. The fourth-order valence-corrected chi connectivity index (χ4v) is 1.43. The van der Waals surface area contributed by atoms with Crippen LogP contribution >= 0.6 is 0 Å². The van der Waals surface area contributed by atoms with Gasteiger partial charge in [-0.15, -0.1) is 0 Å². The normalized spacial score (nSPS) is 12.2. The third-order valence-corrected chi connectivity index (χ3v) is 2.65. The second kappa shape index (κ2) is 6.98. The van der Waals surface area contributed by atoms with Crippen molar-refractivity contribution in [3.8, 4) is 0 Å². The van der Waals surface area contributed by atoms with E-state index in [1.165, 1.54) is 0 Å². The van der Waals surface area contributed by atoms with Crippen LogP contribution in [0.3, 0.4) is 0 Å². The molecule has 0 aromatic carbocycles. The zero-order chi connectivity index (χ0) is 12.7. The quantitative estimate of drug-likeness (QED) is 0.735. The Bertz CT molecular complexity index is 343. The zero-order valence-electron chi connectivity index (χ0n) is 10.3. The fraction of sp³-hybridized carbons (Fsp3) is 0.500. The zero-order valence-corrected chi connectivity index (χ0v) is 10.3. The van der Waals surface area contributed by atoms with Gasteiger partial charge in [-0.05, 0) is 24.6 Å². The molecule has 1 heterocycles. The summed E-state index contributed by atoms with van der Waals surface area (Å²) < 4.78 is 5.12. The topological polar surface area (TPSA) is 68.5 Å². The van der Waals surface area contributed by atoms with Crippen molar-refractivity contribution in [2.75, 3.05) is 26.8 Å². The van der Waals surface area contributed by atoms with Crippen LogP contribution in [0.1, 0.15) is 18.5 Å². The molecule has 1 rings (SSSR count). The number of ether oxygens (including phenoxy) is 1. The number of carbonyl (C=O) groups is 1. The summed E-state index contributed by atoms with van der Waals surface area (Å²) in [6.45, 7) is 2.87. The second-order valence-corrected chi connectivity index (χ2v) is 3.80. The molecular formula is C12H19N3O2. The highest BCUT2D eigenvalue weighted by Gasteiger charge is 2.16. The number of nitrogens with zero attached hydrogens (tertiary/aromatic N) is 2. The maximum Gasteiger partial charge on any atom is 0.248 e.